The van der Waals surface area contributed by atoms with Crippen molar-refractivity contribution in [2.45, 2.75) is 132 Å². The molecule has 0 radical (unpaired) electrons. The summed E-state index contributed by atoms with van der Waals surface area (Å²) in [4.78, 5) is 58.2. The number of ether oxygens (including phenoxy) is 2. The second-order valence-corrected chi connectivity index (χ2v) is 20.0. The number of hydrogen-bond acceptors (Lipinski definition) is 8. The zero-order valence-corrected chi connectivity index (χ0v) is 33.6. The number of amides is 1. The number of thiazole rings is 1. The second-order valence-electron chi connectivity index (χ2n) is 19.0. The van der Waals surface area contributed by atoms with Gasteiger partial charge in [0.2, 0.25) is 5.91 Å². The molecule has 1 heterocycles. The zero-order chi connectivity index (χ0) is 38.4. The van der Waals surface area contributed by atoms with Crippen LogP contribution in [-0.2, 0) is 28.7 Å². The Hall–Kier alpha value is -3.14. The fourth-order valence-electron chi connectivity index (χ4n) is 12.4. The Kier molecular flexibility index (Phi) is 9.34. The predicted octanol–water partition coefficient (Wildman–Crippen LogP) is 9.61. The first kappa shape index (κ1) is 38.1. The lowest BCUT2D eigenvalue weighted by molar-refractivity contribution is -0.211. The number of halogens is 1. The summed E-state index contributed by atoms with van der Waals surface area (Å²) in [7, 11) is 0. The van der Waals surface area contributed by atoms with Crippen molar-refractivity contribution in [3.05, 3.63) is 35.7 Å². The number of fused-ring (bicyclic) bond motifs is 8. The topological polar surface area (TPSA) is 112 Å². The molecule has 1 amide bonds. The van der Waals surface area contributed by atoms with Crippen LogP contribution in [0.3, 0.4) is 0 Å². The van der Waals surface area contributed by atoms with Crippen molar-refractivity contribution in [3.63, 3.8) is 0 Å². The van der Waals surface area contributed by atoms with Crippen molar-refractivity contribution in [1.29, 1.82) is 0 Å². The van der Waals surface area contributed by atoms with E-state index in [4.69, 9.17) is 9.47 Å². The molecule has 4 fully saturated rings. The number of allylic oxidation sites excluding steroid dienone is 2. The van der Waals surface area contributed by atoms with Gasteiger partial charge in [-0.05, 0) is 123 Å². The van der Waals surface area contributed by atoms with E-state index in [9.17, 15) is 23.6 Å². The number of nitrogens with one attached hydrogen (secondary N) is 1. The van der Waals surface area contributed by atoms with Gasteiger partial charge in [0.05, 0.1) is 23.1 Å². The standard InChI is InChI=1S/C43H57FN2O6S/c1-9-51-36(50)40(5)20-19-39(4)21-22-42(7)25(26(39)24-40)23-28(47)35-41(6)17-16-31(38(2,3)30(41)15-18-43(35,42)8)52-33(49)14-13-32(48)45-37-46-34-27(44)11-10-12-29(34)53-37/h10-12,23,26,30-31,35H,9,13-22,24H2,1-8H3,(H,45,46,48)/t26-,30-,31-,35+,39+,40-,41-,42+,43+/m0/s1. The third-order valence-electron chi connectivity index (χ3n) is 15.7. The van der Waals surface area contributed by atoms with E-state index in [0.717, 1.165) is 51.4 Å². The molecule has 1 N–H and O–H groups in total. The molecule has 2 aromatic rings. The summed E-state index contributed by atoms with van der Waals surface area (Å²) in [5.41, 5.74) is -0.0553. The van der Waals surface area contributed by atoms with Crippen molar-refractivity contribution < 1.29 is 33.0 Å². The maximum atomic E-state index is 14.8. The first-order valence-corrected chi connectivity index (χ1v) is 20.6. The summed E-state index contributed by atoms with van der Waals surface area (Å²) < 4.78 is 26.5. The molecular weight excluding hydrogens is 692 g/mol. The SMILES string of the molecule is CCOC(=O)[C@@]1(C)CC[C@]2(C)CC[C@]3(C)C(=CC(=O)[C@@H]4[C@@]5(C)CC[C@H](OC(=O)CCC(=O)Nc6nc7c(F)cccc7s6)C(C)(C)[C@@H]5CC[C@]43C)[C@@H]2C1. The first-order chi connectivity index (χ1) is 24.8. The van der Waals surface area contributed by atoms with Gasteiger partial charge in [0, 0.05) is 17.8 Å². The van der Waals surface area contributed by atoms with E-state index in [0.29, 0.717) is 22.9 Å². The third kappa shape index (κ3) is 5.90. The molecule has 10 heteroatoms. The minimum atomic E-state index is -0.551. The van der Waals surface area contributed by atoms with E-state index in [1.165, 1.54) is 23.0 Å². The maximum absolute atomic E-state index is 14.8. The molecule has 0 unspecified atom stereocenters. The van der Waals surface area contributed by atoms with Gasteiger partial charge in [0.15, 0.2) is 10.9 Å². The minimum absolute atomic E-state index is 0.0570. The van der Waals surface area contributed by atoms with Gasteiger partial charge in [-0.1, -0.05) is 64.5 Å². The number of benzene rings is 1. The summed E-state index contributed by atoms with van der Waals surface area (Å²) in [6, 6.07) is 4.68. The number of anilines is 1. The van der Waals surface area contributed by atoms with Crippen LogP contribution in [0.5, 0.6) is 0 Å². The Morgan fingerprint density at radius 1 is 0.962 bits per heavy atom. The van der Waals surface area contributed by atoms with Gasteiger partial charge in [0.25, 0.3) is 0 Å². The molecule has 0 saturated heterocycles. The Labute approximate surface area is 317 Å². The molecule has 0 aliphatic heterocycles. The Balaban J connectivity index is 1.06. The van der Waals surface area contributed by atoms with E-state index in [1.54, 1.807) is 12.1 Å². The highest BCUT2D eigenvalue weighted by atomic mass is 32.1. The molecule has 1 aromatic heterocycles. The van der Waals surface area contributed by atoms with Crippen molar-refractivity contribution in [1.82, 2.24) is 4.98 Å². The van der Waals surface area contributed by atoms with Crippen molar-refractivity contribution >= 4 is 50.3 Å². The Morgan fingerprint density at radius 3 is 2.42 bits per heavy atom. The van der Waals surface area contributed by atoms with Gasteiger partial charge in [-0.25, -0.2) is 9.37 Å². The van der Waals surface area contributed by atoms with Crippen LogP contribution in [0.25, 0.3) is 10.2 Å². The largest absolute Gasteiger partial charge is 0.466 e. The Bertz CT molecular complexity index is 1890. The number of ketones is 1. The van der Waals surface area contributed by atoms with Crippen LogP contribution in [0.1, 0.15) is 126 Å². The van der Waals surface area contributed by atoms with Crippen LogP contribution < -0.4 is 5.32 Å². The molecule has 9 atom stereocenters. The smallest absolute Gasteiger partial charge is 0.311 e. The van der Waals surface area contributed by atoms with Crippen molar-refractivity contribution in [2.24, 2.45) is 50.2 Å². The molecule has 4 saturated carbocycles. The predicted molar refractivity (Wildman–Crippen MR) is 203 cm³/mol. The number of hydrogen-bond donors (Lipinski definition) is 1. The van der Waals surface area contributed by atoms with Crippen LogP contribution in [-0.4, -0.2) is 41.3 Å². The van der Waals surface area contributed by atoms with Crippen LogP contribution in [0.15, 0.2) is 29.8 Å². The number of rotatable bonds is 7. The van der Waals surface area contributed by atoms with Gasteiger partial charge < -0.3 is 14.8 Å². The number of aromatic nitrogens is 1. The van der Waals surface area contributed by atoms with Crippen LogP contribution >= 0.6 is 11.3 Å². The van der Waals surface area contributed by atoms with Crippen molar-refractivity contribution in [3.8, 4) is 0 Å². The molecule has 0 spiro atoms. The van der Waals surface area contributed by atoms with Crippen LogP contribution in [0, 0.1) is 56.1 Å². The lowest BCUT2D eigenvalue weighted by Gasteiger charge is -2.70. The third-order valence-corrected chi connectivity index (χ3v) is 16.7. The van der Waals surface area contributed by atoms with Gasteiger partial charge in [-0.3, -0.25) is 19.2 Å². The summed E-state index contributed by atoms with van der Waals surface area (Å²) in [6.45, 7) is 18.2. The normalized spacial score (nSPS) is 38.7. The molecular formula is C43H57FN2O6S. The molecule has 8 nitrogen and oxygen atoms in total. The van der Waals surface area contributed by atoms with Crippen molar-refractivity contribution in [2.75, 3.05) is 11.9 Å². The molecule has 0 bridgehead atoms. The van der Waals surface area contributed by atoms with Gasteiger partial charge >= 0.3 is 11.9 Å². The van der Waals surface area contributed by atoms with E-state index in [2.05, 4.69) is 58.8 Å². The summed E-state index contributed by atoms with van der Waals surface area (Å²) in [5.74, 6) is -0.938. The molecule has 5 aliphatic carbocycles. The van der Waals surface area contributed by atoms with E-state index < -0.39 is 17.2 Å². The average molecular weight is 749 g/mol. The fraction of sp³-hybridized carbons (Fsp3) is 0.698. The highest BCUT2D eigenvalue weighted by Crippen LogP contribution is 2.75. The average Bonchev–Trinajstić information content (AvgIpc) is 3.50. The highest BCUT2D eigenvalue weighted by molar-refractivity contribution is 7.22. The van der Waals surface area contributed by atoms with E-state index >= 15 is 0 Å². The number of esters is 2. The Morgan fingerprint density at radius 2 is 1.70 bits per heavy atom. The van der Waals surface area contributed by atoms with Crippen LogP contribution in [0.4, 0.5) is 9.52 Å². The number of nitrogens with zero attached hydrogens (tertiary/aromatic N) is 1. The summed E-state index contributed by atoms with van der Waals surface area (Å²) in [6.07, 6.45) is 9.48. The fourth-order valence-corrected chi connectivity index (χ4v) is 13.3. The van der Waals surface area contributed by atoms with Gasteiger partial charge in [0.1, 0.15) is 17.4 Å². The number of para-hydroxylation sites is 1. The molecule has 1 aromatic carbocycles. The lowest BCUT2D eigenvalue weighted by Crippen LogP contribution is -2.66. The lowest BCUT2D eigenvalue weighted by atomic mass is 9.33. The highest BCUT2D eigenvalue weighted by Gasteiger charge is 2.70. The van der Waals surface area contributed by atoms with Gasteiger partial charge in [-0.15, -0.1) is 0 Å². The molecule has 7 rings (SSSR count). The second kappa shape index (κ2) is 13.0. The first-order valence-electron chi connectivity index (χ1n) is 19.8. The quantitative estimate of drug-likeness (QED) is 0.281. The monoisotopic (exact) mass is 748 g/mol. The van der Waals surface area contributed by atoms with E-state index in [1.807, 2.05) is 13.0 Å². The summed E-state index contributed by atoms with van der Waals surface area (Å²) in [5, 5.41) is 3.00. The summed E-state index contributed by atoms with van der Waals surface area (Å²) >= 11 is 1.19. The molecule has 53 heavy (non-hydrogen) atoms. The molecule has 5 aliphatic rings. The number of carbonyl (C=O) groups excluding carboxylic acids is 4. The van der Waals surface area contributed by atoms with Crippen LogP contribution in [0.2, 0.25) is 0 Å². The maximum Gasteiger partial charge on any atom is 0.311 e. The van der Waals surface area contributed by atoms with E-state index in [-0.39, 0.29) is 87.0 Å². The zero-order valence-electron chi connectivity index (χ0n) is 32.8. The minimum Gasteiger partial charge on any atom is -0.466 e. The van der Waals surface area contributed by atoms with Gasteiger partial charge in [-0.2, -0.15) is 0 Å². The number of carbonyl (C=O) groups is 4. The molecule has 288 valence electrons.